The first-order chi connectivity index (χ1) is 9.76. The maximum absolute atomic E-state index is 12.0. The van der Waals surface area contributed by atoms with Crippen LogP contribution < -0.4 is 21.5 Å². The first-order valence-corrected chi connectivity index (χ1v) is 6.08. The van der Waals surface area contributed by atoms with E-state index in [1.54, 1.807) is 5.32 Å². The number of urea groups is 1. The molecule has 0 aliphatic rings. The minimum absolute atomic E-state index is 0.00424. The lowest BCUT2D eigenvalue weighted by Crippen LogP contribution is -2.42. The summed E-state index contributed by atoms with van der Waals surface area (Å²) < 4.78 is 9.89. The Morgan fingerprint density at radius 1 is 1.33 bits per heavy atom. The van der Waals surface area contributed by atoms with Gasteiger partial charge >= 0.3 is 12.0 Å². The Hall–Kier alpha value is -2.48. The Morgan fingerprint density at radius 2 is 1.95 bits per heavy atom. The number of nitrogens with two attached hydrogens (primary N) is 2. The van der Waals surface area contributed by atoms with Gasteiger partial charge in [-0.15, -0.1) is 0 Å². The van der Waals surface area contributed by atoms with Crippen molar-refractivity contribution in [2.24, 2.45) is 5.73 Å². The molecular formula is C12H14ClN3O5. The number of carbonyl (C=O) groups excluding carboxylic acids is 3. The highest BCUT2D eigenvalue weighted by Gasteiger charge is 2.23. The third-order valence-corrected chi connectivity index (χ3v) is 2.77. The number of imide groups is 1. The molecule has 0 spiro atoms. The summed E-state index contributed by atoms with van der Waals surface area (Å²) in [5.74, 6) is -1.57. The van der Waals surface area contributed by atoms with E-state index in [2.05, 4.69) is 0 Å². The summed E-state index contributed by atoms with van der Waals surface area (Å²) in [5, 5.41) is 1.93. The number of benzene rings is 1. The van der Waals surface area contributed by atoms with Gasteiger partial charge in [0.15, 0.2) is 6.10 Å². The maximum atomic E-state index is 12.0. The van der Waals surface area contributed by atoms with Crippen molar-refractivity contribution in [3.05, 3.63) is 22.7 Å². The molecule has 5 N–H and O–H groups in total. The predicted molar refractivity (Wildman–Crippen MR) is 75.0 cm³/mol. The lowest BCUT2D eigenvalue weighted by atomic mass is 10.2. The van der Waals surface area contributed by atoms with Crippen LogP contribution in [0.2, 0.25) is 5.02 Å². The van der Waals surface area contributed by atoms with Crippen LogP contribution >= 0.6 is 11.6 Å². The topological polar surface area (TPSA) is 134 Å². The standard InChI is InChI=1S/C12H14ClN3O5/c1-5(10(17)16-12(15)19)21-11(18)6-3-7(13)8(14)4-9(6)20-2/h3-5H,14H2,1-2H3,(H3,15,16,17,19). The van der Waals surface area contributed by atoms with Gasteiger partial charge in [-0.05, 0) is 13.0 Å². The van der Waals surface area contributed by atoms with E-state index in [1.165, 1.54) is 26.2 Å². The zero-order valence-electron chi connectivity index (χ0n) is 11.3. The second-order valence-corrected chi connectivity index (χ2v) is 4.38. The molecule has 9 heteroatoms. The molecule has 21 heavy (non-hydrogen) atoms. The molecule has 8 nitrogen and oxygen atoms in total. The van der Waals surface area contributed by atoms with Crippen LogP contribution in [0.5, 0.6) is 5.75 Å². The molecule has 1 rings (SSSR count). The molecular weight excluding hydrogens is 302 g/mol. The van der Waals surface area contributed by atoms with Crippen LogP contribution in [0.15, 0.2) is 12.1 Å². The smallest absolute Gasteiger partial charge is 0.342 e. The second kappa shape index (κ2) is 6.80. The van der Waals surface area contributed by atoms with Gasteiger partial charge in [-0.25, -0.2) is 9.59 Å². The van der Waals surface area contributed by atoms with Crippen molar-refractivity contribution in [3.63, 3.8) is 0 Å². The number of carbonyl (C=O) groups is 3. The minimum Gasteiger partial charge on any atom is -0.496 e. The lowest BCUT2D eigenvalue weighted by molar-refractivity contribution is -0.127. The molecule has 0 radical (unpaired) electrons. The first-order valence-electron chi connectivity index (χ1n) is 5.70. The molecule has 1 aromatic rings. The Bertz CT molecular complexity index is 591. The molecule has 1 unspecified atom stereocenters. The number of hydrogen-bond acceptors (Lipinski definition) is 6. The average Bonchev–Trinajstić information content (AvgIpc) is 2.40. The van der Waals surface area contributed by atoms with Gasteiger partial charge in [-0.3, -0.25) is 10.1 Å². The Kier molecular flexibility index (Phi) is 5.37. The van der Waals surface area contributed by atoms with Crippen molar-refractivity contribution in [1.82, 2.24) is 5.32 Å². The number of nitrogen functional groups attached to an aromatic ring is 1. The number of halogens is 1. The minimum atomic E-state index is -1.23. The monoisotopic (exact) mass is 315 g/mol. The summed E-state index contributed by atoms with van der Waals surface area (Å²) in [7, 11) is 1.34. The third kappa shape index (κ3) is 4.25. The third-order valence-electron chi connectivity index (χ3n) is 2.44. The van der Waals surface area contributed by atoms with E-state index in [-0.39, 0.29) is 22.0 Å². The molecule has 0 aliphatic heterocycles. The number of amides is 3. The predicted octanol–water partition coefficient (Wildman–Crippen LogP) is 0.671. The van der Waals surface area contributed by atoms with Gasteiger partial charge in [-0.2, -0.15) is 0 Å². The van der Waals surface area contributed by atoms with Crippen LogP contribution in [0, 0.1) is 0 Å². The van der Waals surface area contributed by atoms with Gasteiger partial charge < -0.3 is 20.9 Å². The molecule has 0 saturated heterocycles. The normalized spacial score (nSPS) is 11.4. The highest BCUT2D eigenvalue weighted by atomic mass is 35.5. The fourth-order valence-corrected chi connectivity index (χ4v) is 1.56. The van der Waals surface area contributed by atoms with E-state index in [9.17, 15) is 14.4 Å². The van der Waals surface area contributed by atoms with Crippen LogP contribution in [0.1, 0.15) is 17.3 Å². The largest absolute Gasteiger partial charge is 0.496 e. The Morgan fingerprint density at radius 3 is 2.48 bits per heavy atom. The highest BCUT2D eigenvalue weighted by Crippen LogP contribution is 2.29. The molecule has 1 aromatic carbocycles. The summed E-state index contributed by atoms with van der Waals surface area (Å²) in [6.07, 6.45) is -1.23. The lowest BCUT2D eigenvalue weighted by Gasteiger charge is -2.14. The van der Waals surface area contributed by atoms with Gasteiger partial charge in [0.25, 0.3) is 5.91 Å². The van der Waals surface area contributed by atoms with Gasteiger partial charge in [0.2, 0.25) is 0 Å². The molecule has 0 heterocycles. The summed E-state index contributed by atoms with van der Waals surface area (Å²) in [6.45, 7) is 1.28. The number of ether oxygens (including phenoxy) is 2. The van der Waals surface area contributed by atoms with Gasteiger partial charge in [0.05, 0.1) is 17.8 Å². The van der Waals surface area contributed by atoms with Crippen LogP contribution in [-0.4, -0.2) is 31.1 Å². The number of anilines is 1. The average molecular weight is 316 g/mol. The number of rotatable bonds is 4. The van der Waals surface area contributed by atoms with Gasteiger partial charge in [-0.1, -0.05) is 11.6 Å². The van der Waals surface area contributed by atoms with Crippen molar-refractivity contribution in [1.29, 1.82) is 0 Å². The van der Waals surface area contributed by atoms with Crippen LogP contribution in [0.25, 0.3) is 0 Å². The molecule has 1 atom stereocenters. The number of esters is 1. The summed E-state index contributed by atoms with van der Waals surface area (Å²) >= 11 is 5.83. The number of nitrogens with one attached hydrogen (secondary N) is 1. The van der Waals surface area contributed by atoms with Crippen LogP contribution in [0.3, 0.4) is 0 Å². The summed E-state index contributed by atoms with van der Waals surface area (Å²) in [4.78, 5) is 34.0. The van der Waals surface area contributed by atoms with Crippen molar-refractivity contribution >= 4 is 35.2 Å². The zero-order chi connectivity index (χ0) is 16.2. The van der Waals surface area contributed by atoms with Crippen LogP contribution in [-0.2, 0) is 9.53 Å². The maximum Gasteiger partial charge on any atom is 0.342 e. The molecule has 0 aliphatic carbocycles. The summed E-state index contributed by atoms with van der Waals surface area (Å²) in [6, 6.07) is 1.57. The van der Waals surface area contributed by atoms with Gasteiger partial charge in [0.1, 0.15) is 11.3 Å². The second-order valence-electron chi connectivity index (χ2n) is 3.98. The van der Waals surface area contributed by atoms with E-state index in [0.717, 1.165) is 0 Å². The SMILES string of the molecule is COc1cc(N)c(Cl)cc1C(=O)OC(C)C(=O)NC(N)=O. The fraction of sp³-hybridized carbons (Fsp3) is 0.250. The van der Waals surface area contributed by atoms with Gasteiger partial charge in [0, 0.05) is 6.07 Å². The molecule has 0 bridgehead atoms. The number of methoxy groups -OCH3 is 1. The first kappa shape index (κ1) is 16.6. The fourth-order valence-electron chi connectivity index (χ4n) is 1.40. The van der Waals surface area contributed by atoms with Crippen molar-refractivity contribution in [2.75, 3.05) is 12.8 Å². The number of primary amides is 1. The molecule has 114 valence electrons. The van der Waals surface area contributed by atoms with Crippen LogP contribution in [0.4, 0.5) is 10.5 Å². The quantitative estimate of drug-likeness (QED) is 0.552. The number of hydrogen-bond donors (Lipinski definition) is 3. The summed E-state index contributed by atoms with van der Waals surface area (Å²) in [5.41, 5.74) is 10.6. The van der Waals surface area contributed by atoms with E-state index < -0.39 is 24.0 Å². The van der Waals surface area contributed by atoms with E-state index in [1.807, 2.05) is 0 Å². The van der Waals surface area contributed by atoms with E-state index in [4.69, 9.17) is 32.5 Å². The van der Waals surface area contributed by atoms with E-state index >= 15 is 0 Å². The molecule has 3 amide bonds. The zero-order valence-corrected chi connectivity index (χ0v) is 12.1. The molecule has 0 saturated carbocycles. The van der Waals surface area contributed by atoms with E-state index in [0.29, 0.717) is 0 Å². The molecule has 0 aromatic heterocycles. The Labute approximate surface area is 125 Å². The highest BCUT2D eigenvalue weighted by molar-refractivity contribution is 6.33. The van der Waals surface area contributed by atoms with Crippen molar-refractivity contribution < 1.29 is 23.9 Å². The van der Waals surface area contributed by atoms with Crippen molar-refractivity contribution in [3.8, 4) is 5.75 Å². The Balaban J connectivity index is 2.92. The van der Waals surface area contributed by atoms with Crippen molar-refractivity contribution in [2.45, 2.75) is 13.0 Å². The molecule has 0 fully saturated rings.